The van der Waals surface area contributed by atoms with E-state index in [0.717, 1.165) is 5.56 Å². The van der Waals surface area contributed by atoms with Crippen molar-refractivity contribution in [3.63, 3.8) is 0 Å². The Morgan fingerprint density at radius 1 is 1.22 bits per heavy atom. The van der Waals surface area contributed by atoms with E-state index in [1.165, 1.54) is 18.2 Å². The summed E-state index contributed by atoms with van der Waals surface area (Å²) in [5.41, 5.74) is 1.96. The van der Waals surface area contributed by atoms with Gasteiger partial charge in [-0.1, -0.05) is 29.3 Å². The molecule has 0 spiro atoms. The highest BCUT2D eigenvalue weighted by Gasteiger charge is 2.36. The second-order valence-electron chi connectivity index (χ2n) is 7.02. The number of aryl methyl sites for hydroxylation is 1. The van der Waals surface area contributed by atoms with Gasteiger partial charge in [0, 0.05) is 23.4 Å². The largest absolute Gasteiger partial charge is 0.457 e. The fourth-order valence-corrected chi connectivity index (χ4v) is 3.99. The van der Waals surface area contributed by atoms with Gasteiger partial charge >= 0.3 is 0 Å². The zero-order chi connectivity index (χ0) is 23.0. The minimum Gasteiger partial charge on any atom is -0.457 e. The van der Waals surface area contributed by atoms with Crippen LogP contribution < -0.4 is 10.2 Å². The van der Waals surface area contributed by atoms with Gasteiger partial charge in [0.05, 0.1) is 15.0 Å². The van der Waals surface area contributed by atoms with Crippen molar-refractivity contribution >= 4 is 41.5 Å². The lowest BCUT2D eigenvalue weighted by Gasteiger charge is -2.36. The number of nitriles is 1. The summed E-state index contributed by atoms with van der Waals surface area (Å²) in [6.45, 7) is 1.95. The summed E-state index contributed by atoms with van der Waals surface area (Å²) < 4.78 is 5.98. The first-order chi connectivity index (χ1) is 15.3. The van der Waals surface area contributed by atoms with Crippen molar-refractivity contribution in [1.82, 2.24) is 5.32 Å². The number of nitrogens with one attached hydrogen (secondary N) is 1. The van der Waals surface area contributed by atoms with Crippen molar-refractivity contribution in [1.29, 1.82) is 5.26 Å². The second kappa shape index (κ2) is 8.42. The molecular weight excluding hydrogens is 452 g/mol. The topological polar surface area (TPSA) is 112 Å². The van der Waals surface area contributed by atoms with Crippen molar-refractivity contribution in [3.05, 3.63) is 91.7 Å². The minimum atomic E-state index is -0.777. The van der Waals surface area contributed by atoms with Gasteiger partial charge in [0.25, 0.3) is 11.6 Å². The molecule has 0 bridgehead atoms. The Morgan fingerprint density at radius 2 is 1.94 bits per heavy atom. The third-order valence-corrected chi connectivity index (χ3v) is 5.71. The highest BCUT2D eigenvalue weighted by atomic mass is 35.5. The first-order valence-corrected chi connectivity index (χ1v) is 10.2. The number of nitro groups is 1. The zero-order valence-corrected chi connectivity index (χ0v) is 18.2. The molecule has 1 aromatic heterocycles. The molecule has 4 rings (SSSR count). The standard InChI is InChI=1S/C22H15ClN4O4S/c1-12-2-4-13(5-3-12)26-20(25-21(28)16(11-24)22(26)32)19-9-8-18(31-19)15-7-6-14(27(29)30)10-17(15)23/h2-10,20,32H,1H3,(H,25,28). The molecule has 3 aromatic rings. The van der Waals surface area contributed by atoms with E-state index in [0.29, 0.717) is 22.8 Å². The van der Waals surface area contributed by atoms with Gasteiger partial charge in [-0.15, -0.1) is 12.6 Å². The van der Waals surface area contributed by atoms with Crippen LogP contribution in [0.15, 0.2) is 69.6 Å². The molecule has 0 fully saturated rings. The molecular formula is C22H15ClN4O4S. The molecule has 0 aliphatic carbocycles. The van der Waals surface area contributed by atoms with Crippen LogP contribution >= 0.6 is 24.2 Å². The summed E-state index contributed by atoms with van der Waals surface area (Å²) in [5.74, 6) is 0.165. The van der Waals surface area contributed by atoms with E-state index < -0.39 is 17.0 Å². The molecule has 0 saturated carbocycles. The maximum absolute atomic E-state index is 12.5. The highest BCUT2D eigenvalue weighted by molar-refractivity contribution is 7.84. The molecule has 2 heterocycles. The van der Waals surface area contributed by atoms with Crippen molar-refractivity contribution in [2.75, 3.05) is 4.90 Å². The summed E-state index contributed by atoms with van der Waals surface area (Å²) in [6, 6.07) is 16.8. The van der Waals surface area contributed by atoms with Crippen molar-refractivity contribution in [2.24, 2.45) is 0 Å². The van der Waals surface area contributed by atoms with Gasteiger partial charge in [0.1, 0.15) is 23.2 Å². The van der Waals surface area contributed by atoms with Crippen LogP contribution in [0.2, 0.25) is 5.02 Å². The predicted octanol–water partition coefficient (Wildman–Crippen LogP) is 5.12. The van der Waals surface area contributed by atoms with E-state index in [1.807, 2.05) is 37.3 Å². The number of hydrogen-bond acceptors (Lipinski definition) is 7. The number of rotatable bonds is 4. The molecule has 1 amide bonds. The molecule has 160 valence electrons. The number of halogens is 1. The number of hydrogen-bond donors (Lipinski definition) is 2. The predicted molar refractivity (Wildman–Crippen MR) is 122 cm³/mol. The summed E-state index contributed by atoms with van der Waals surface area (Å²) in [4.78, 5) is 24.6. The first kappa shape index (κ1) is 21.5. The monoisotopic (exact) mass is 466 g/mol. The van der Waals surface area contributed by atoms with Gasteiger partial charge in [0.15, 0.2) is 6.17 Å². The van der Waals surface area contributed by atoms with Crippen LogP contribution in [0.25, 0.3) is 11.3 Å². The molecule has 1 N–H and O–H groups in total. The van der Waals surface area contributed by atoms with Crippen molar-refractivity contribution in [2.45, 2.75) is 13.1 Å². The van der Waals surface area contributed by atoms with Crippen LogP contribution in [-0.2, 0) is 4.79 Å². The molecule has 10 heteroatoms. The van der Waals surface area contributed by atoms with Crippen molar-refractivity contribution in [3.8, 4) is 17.4 Å². The number of carbonyl (C=O) groups excluding carboxylic acids is 1. The summed E-state index contributed by atoms with van der Waals surface area (Å²) in [7, 11) is 0. The van der Waals surface area contributed by atoms with E-state index in [4.69, 9.17) is 16.0 Å². The minimum absolute atomic E-state index is 0.115. The smallest absolute Gasteiger partial charge is 0.270 e. The summed E-state index contributed by atoms with van der Waals surface area (Å²) >= 11 is 10.7. The lowest BCUT2D eigenvalue weighted by molar-refractivity contribution is -0.384. The molecule has 1 aliphatic heterocycles. The first-order valence-electron chi connectivity index (χ1n) is 9.34. The number of anilines is 1. The SMILES string of the molecule is Cc1ccc(N2C(S)=C(C#N)C(=O)NC2c2ccc(-c3ccc([N+](=O)[O-])cc3Cl)o2)cc1. The Labute approximate surface area is 193 Å². The van der Waals surface area contributed by atoms with E-state index in [1.54, 1.807) is 17.0 Å². The van der Waals surface area contributed by atoms with Crippen LogP contribution in [-0.4, -0.2) is 10.8 Å². The molecule has 1 aliphatic rings. The third kappa shape index (κ3) is 3.82. The van der Waals surface area contributed by atoms with E-state index >= 15 is 0 Å². The van der Waals surface area contributed by atoms with Gasteiger partial charge in [-0.05, 0) is 37.3 Å². The van der Waals surface area contributed by atoms with Crippen LogP contribution in [0.4, 0.5) is 11.4 Å². The number of benzene rings is 2. The fourth-order valence-electron chi connectivity index (χ4n) is 3.34. The Hall–Kier alpha value is -3.74. The number of nitro benzene ring substituents is 1. The molecule has 8 nitrogen and oxygen atoms in total. The fraction of sp³-hybridized carbons (Fsp3) is 0.0909. The lowest BCUT2D eigenvalue weighted by Crippen LogP contribution is -2.45. The van der Waals surface area contributed by atoms with Crippen LogP contribution in [0.1, 0.15) is 17.5 Å². The number of thiol groups is 1. The van der Waals surface area contributed by atoms with Crippen LogP contribution in [0.3, 0.4) is 0 Å². The van der Waals surface area contributed by atoms with Crippen LogP contribution in [0, 0.1) is 28.4 Å². The molecule has 2 aromatic carbocycles. The number of nitrogens with zero attached hydrogens (tertiary/aromatic N) is 3. The van der Waals surface area contributed by atoms with E-state index in [-0.39, 0.29) is 21.3 Å². The number of carbonyl (C=O) groups is 1. The van der Waals surface area contributed by atoms with Gasteiger partial charge in [-0.2, -0.15) is 5.26 Å². The number of furan rings is 1. The van der Waals surface area contributed by atoms with E-state index in [2.05, 4.69) is 17.9 Å². The Bertz CT molecular complexity index is 1310. The van der Waals surface area contributed by atoms with Gasteiger partial charge in [-0.25, -0.2) is 0 Å². The lowest BCUT2D eigenvalue weighted by atomic mass is 10.1. The van der Waals surface area contributed by atoms with Crippen molar-refractivity contribution < 1.29 is 14.1 Å². The Balaban J connectivity index is 1.77. The third-order valence-electron chi connectivity index (χ3n) is 4.95. The molecule has 0 saturated heterocycles. The maximum Gasteiger partial charge on any atom is 0.270 e. The number of non-ortho nitro benzene ring substituents is 1. The molecule has 1 unspecified atom stereocenters. The van der Waals surface area contributed by atoms with Gasteiger partial charge in [0.2, 0.25) is 0 Å². The average molecular weight is 467 g/mol. The number of amides is 1. The zero-order valence-electron chi connectivity index (χ0n) is 16.6. The second-order valence-corrected chi connectivity index (χ2v) is 7.85. The van der Waals surface area contributed by atoms with Gasteiger partial charge < -0.3 is 14.6 Å². The van der Waals surface area contributed by atoms with E-state index in [9.17, 15) is 20.2 Å². The quantitative estimate of drug-likeness (QED) is 0.313. The summed E-state index contributed by atoms with van der Waals surface area (Å²) in [5, 5.41) is 23.5. The Kier molecular flexibility index (Phi) is 5.65. The molecule has 32 heavy (non-hydrogen) atoms. The summed E-state index contributed by atoms with van der Waals surface area (Å²) in [6.07, 6.45) is -0.777. The maximum atomic E-state index is 12.5. The highest BCUT2D eigenvalue weighted by Crippen LogP contribution is 2.39. The molecule has 1 atom stereocenters. The average Bonchev–Trinajstić information content (AvgIpc) is 3.24. The van der Waals surface area contributed by atoms with Crippen LogP contribution in [0.5, 0.6) is 0 Å². The molecule has 0 radical (unpaired) electrons. The van der Waals surface area contributed by atoms with Gasteiger partial charge in [-0.3, -0.25) is 14.9 Å². The Morgan fingerprint density at radius 3 is 2.56 bits per heavy atom. The normalized spacial score (nSPS) is 16.0.